The number of ether oxygens (including phenoxy) is 2. The van der Waals surface area contributed by atoms with E-state index in [1.807, 2.05) is 0 Å². The van der Waals surface area contributed by atoms with E-state index in [0.29, 0.717) is 12.2 Å². The number of ketones is 1. The van der Waals surface area contributed by atoms with Crippen molar-refractivity contribution < 1.29 is 23.9 Å². The number of rotatable bonds is 10. The van der Waals surface area contributed by atoms with Crippen LogP contribution in [0.1, 0.15) is 43.5 Å². The third-order valence-electron chi connectivity index (χ3n) is 3.55. The Morgan fingerprint density at radius 2 is 1.67 bits per heavy atom. The molecule has 0 aliphatic carbocycles. The van der Waals surface area contributed by atoms with Gasteiger partial charge in [-0.15, -0.1) is 0 Å². The second-order valence-electron chi connectivity index (χ2n) is 5.25. The molecule has 0 aromatic heterocycles. The van der Waals surface area contributed by atoms with Crippen LogP contribution < -0.4 is 5.32 Å². The summed E-state index contributed by atoms with van der Waals surface area (Å²) in [5, 5.41) is 2.98. The summed E-state index contributed by atoms with van der Waals surface area (Å²) >= 11 is 0. The van der Waals surface area contributed by atoms with Crippen LogP contribution in [0.5, 0.6) is 0 Å². The van der Waals surface area contributed by atoms with Crippen LogP contribution in [0.3, 0.4) is 0 Å². The summed E-state index contributed by atoms with van der Waals surface area (Å²) < 4.78 is 9.88. The van der Waals surface area contributed by atoms with Crippen molar-refractivity contribution in [1.82, 2.24) is 0 Å². The Kier molecular flexibility index (Phi) is 8.54. The first-order valence-corrected chi connectivity index (χ1v) is 8.15. The minimum absolute atomic E-state index is 0.0111. The van der Waals surface area contributed by atoms with Gasteiger partial charge in [-0.05, 0) is 44.5 Å². The molecule has 0 aliphatic heterocycles. The lowest BCUT2D eigenvalue weighted by molar-refractivity contribution is -0.149. The SMILES string of the molecule is CCOC(=O)CCC(CC(=O)c1ccc(NC)cc1)C(=O)OCC. The summed E-state index contributed by atoms with van der Waals surface area (Å²) in [4.78, 5) is 35.9. The number of carbonyl (C=O) groups is 3. The lowest BCUT2D eigenvalue weighted by atomic mass is 9.94. The van der Waals surface area contributed by atoms with Gasteiger partial charge in [-0.25, -0.2) is 0 Å². The number of anilines is 1. The molecule has 0 saturated heterocycles. The Labute approximate surface area is 142 Å². The van der Waals surface area contributed by atoms with E-state index in [4.69, 9.17) is 9.47 Å². The van der Waals surface area contributed by atoms with Crippen LogP contribution >= 0.6 is 0 Å². The number of Topliss-reactive ketones (excluding diaryl/α,β-unsaturated/α-hetero) is 1. The van der Waals surface area contributed by atoms with E-state index in [1.54, 1.807) is 45.2 Å². The lowest BCUT2D eigenvalue weighted by Gasteiger charge is -2.14. The Morgan fingerprint density at radius 3 is 2.21 bits per heavy atom. The maximum absolute atomic E-state index is 12.4. The van der Waals surface area contributed by atoms with E-state index < -0.39 is 11.9 Å². The summed E-state index contributed by atoms with van der Waals surface area (Å²) in [6.07, 6.45) is 0.332. The van der Waals surface area contributed by atoms with Gasteiger partial charge in [-0.3, -0.25) is 14.4 Å². The predicted octanol–water partition coefficient (Wildman–Crippen LogP) is 2.82. The van der Waals surface area contributed by atoms with Crippen molar-refractivity contribution in [2.45, 2.75) is 33.1 Å². The highest BCUT2D eigenvalue weighted by molar-refractivity contribution is 5.98. The van der Waals surface area contributed by atoms with Gasteiger partial charge in [0.25, 0.3) is 0 Å². The van der Waals surface area contributed by atoms with Crippen LogP contribution in [-0.2, 0) is 19.1 Å². The van der Waals surface area contributed by atoms with Gasteiger partial charge in [0.1, 0.15) is 0 Å². The maximum Gasteiger partial charge on any atom is 0.309 e. The Bertz CT molecular complexity index is 553. The standard InChI is InChI=1S/C18H25NO5/c1-4-23-17(21)11-8-14(18(22)24-5-2)12-16(20)13-6-9-15(19-3)10-7-13/h6-7,9-10,14,19H,4-5,8,11-12H2,1-3H3. The topological polar surface area (TPSA) is 81.7 Å². The Morgan fingerprint density at radius 1 is 1.04 bits per heavy atom. The highest BCUT2D eigenvalue weighted by atomic mass is 16.5. The maximum atomic E-state index is 12.4. The Hall–Kier alpha value is -2.37. The lowest BCUT2D eigenvalue weighted by Crippen LogP contribution is -2.22. The van der Waals surface area contributed by atoms with Crippen molar-refractivity contribution in [3.63, 3.8) is 0 Å². The molecule has 1 aromatic carbocycles. The summed E-state index contributed by atoms with van der Waals surface area (Å²) in [7, 11) is 1.79. The molecular weight excluding hydrogens is 310 g/mol. The summed E-state index contributed by atoms with van der Waals surface area (Å²) in [6.45, 7) is 3.96. The minimum Gasteiger partial charge on any atom is -0.466 e. The van der Waals surface area contributed by atoms with Crippen molar-refractivity contribution in [2.24, 2.45) is 5.92 Å². The molecular formula is C18H25NO5. The molecule has 6 heteroatoms. The second-order valence-corrected chi connectivity index (χ2v) is 5.25. The largest absolute Gasteiger partial charge is 0.466 e. The van der Waals surface area contributed by atoms with Gasteiger partial charge < -0.3 is 14.8 Å². The normalized spacial score (nSPS) is 11.5. The Balaban J connectivity index is 2.72. The molecule has 1 N–H and O–H groups in total. The first kappa shape index (κ1) is 19.7. The molecule has 24 heavy (non-hydrogen) atoms. The fraction of sp³-hybridized carbons (Fsp3) is 0.500. The van der Waals surface area contributed by atoms with Crippen molar-refractivity contribution in [3.05, 3.63) is 29.8 Å². The molecule has 0 heterocycles. The molecule has 1 atom stereocenters. The van der Waals surface area contributed by atoms with E-state index in [9.17, 15) is 14.4 Å². The van der Waals surface area contributed by atoms with E-state index >= 15 is 0 Å². The number of nitrogens with one attached hydrogen (secondary N) is 1. The zero-order valence-electron chi connectivity index (χ0n) is 14.5. The molecule has 0 amide bonds. The van der Waals surface area contributed by atoms with Gasteiger partial charge in [0.05, 0.1) is 19.1 Å². The molecule has 6 nitrogen and oxygen atoms in total. The molecule has 0 saturated carbocycles. The number of benzene rings is 1. The molecule has 0 bridgehead atoms. The molecule has 0 aliphatic rings. The van der Waals surface area contributed by atoms with Crippen LogP contribution in [-0.4, -0.2) is 38.0 Å². The van der Waals surface area contributed by atoms with Gasteiger partial charge in [0.15, 0.2) is 5.78 Å². The zero-order valence-corrected chi connectivity index (χ0v) is 14.5. The van der Waals surface area contributed by atoms with Crippen LogP contribution in [0.4, 0.5) is 5.69 Å². The average molecular weight is 335 g/mol. The average Bonchev–Trinajstić information content (AvgIpc) is 2.58. The first-order valence-electron chi connectivity index (χ1n) is 8.15. The molecule has 0 spiro atoms. The third kappa shape index (κ3) is 6.40. The fourth-order valence-electron chi connectivity index (χ4n) is 2.25. The van der Waals surface area contributed by atoms with Gasteiger partial charge in [0.2, 0.25) is 0 Å². The summed E-state index contributed by atoms with van der Waals surface area (Å²) in [5.74, 6) is -1.63. The highest BCUT2D eigenvalue weighted by Crippen LogP contribution is 2.19. The van der Waals surface area contributed by atoms with Crippen molar-refractivity contribution >= 4 is 23.4 Å². The van der Waals surface area contributed by atoms with Crippen molar-refractivity contribution in [3.8, 4) is 0 Å². The number of carbonyl (C=O) groups excluding carboxylic acids is 3. The second kappa shape index (κ2) is 10.4. The van der Waals surface area contributed by atoms with Crippen LogP contribution in [0.25, 0.3) is 0 Å². The third-order valence-corrected chi connectivity index (χ3v) is 3.55. The molecule has 1 rings (SSSR count). The van der Waals surface area contributed by atoms with Crippen molar-refractivity contribution in [1.29, 1.82) is 0 Å². The summed E-state index contributed by atoms with van der Waals surface area (Å²) in [6, 6.07) is 7.01. The van der Waals surface area contributed by atoms with Crippen LogP contribution in [0, 0.1) is 5.92 Å². The van der Waals surface area contributed by atoms with Gasteiger partial charge in [0, 0.05) is 31.1 Å². The minimum atomic E-state index is -0.647. The number of esters is 2. The molecule has 132 valence electrons. The summed E-state index contributed by atoms with van der Waals surface area (Å²) in [5.41, 5.74) is 1.43. The van der Waals surface area contributed by atoms with Gasteiger partial charge in [-0.2, -0.15) is 0 Å². The molecule has 1 aromatic rings. The van der Waals surface area contributed by atoms with E-state index in [1.165, 1.54) is 0 Å². The molecule has 1 unspecified atom stereocenters. The first-order chi connectivity index (χ1) is 11.5. The fourth-order valence-corrected chi connectivity index (χ4v) is 2.25. The van der Waals surface area contributed by atoms with Crippen LogP contribution in [0.15, 0.2) is 24.3 Å². The highest BCUT2D eigenvalue weighted by Gasteiger charge is 2.25. The quantitative estimate of drug-likeness (QED) is 0.523. The predicted molar refractivity (Wildman–Crippen MR) is 90.9 cm³/mol. The molecule has 0 radical (unpaired) electrons. The monoisotopic (exact) mass is 335 g/mol. The van der Waals surface area contributed by atoms with Gasteiger partial charge in [-0.1, -0.05) is 0 Å². The smallest absolute Gasteiger partial charge is 0.309 e. The number of hydrogen-bond donors (Lipinski definition) is 1. The molecule has 0 fully saturated rings. The van der Waals surface area contributed by atoms with Crippen LogP contribution in [0.2, 0.25) is 0 Å². The van der Waals surface area contributed by atoms with E-state index in [-0.39, 0.29) is 37.6 Å². The number of hydrogen-bond acceptors (Lipinski definition) is 6. The van der Waals surface area contributed by atoms with Gasteiger partial charge >= 0.3 is 11.9 Å². The van der Waals surface area contributed by atoms with Crippen molar-refractivity contribution in [2.75, 3.05) is 25.6 Å². The van der Waals surface area contributed by atoms with E-state index in [0.717, 1.165) is 5.69 Å². The zero-order chi connectivity index (χ0) is 17.9. The van der Waals surface area contributed by atoms with E-state index in [2.05, 4.69) is 5.32 Å².